The van der Waals surface area contributed by atoms with Crippen LogP contribution < -0.4 is 10.1 Å². The van der Waals surface area contributed by atoms with E-state index in [0.29, 0.717) is 17.5 Å². The maximum atomic E-state index is 12.3. The lowest BCUT2D eigenvalue weighted by Crippen LogP contribution is -2.38. The summed E-state index contributed by atoms with van der Waals surface area (Å²) < 4.78 is 6.40. The molecule has 140 valence electrons. The molecule has 0 bridgehead atoms. The Kier molecular flexibility index (Phi) is 6.73. The molecule has 2 heterocycles. The second kappa shape index (κ2) is 9.23. The van der Waals surface area contributed by atoms with Crippen molar-refractivity contribution in [3.8, 4) is 5.75 Å². The number of hydrogen-bond donors (Lipinski definition) is 1. The number of nitrogens with zero attached hydrogens (tertiary/aromatic N) is 3. The van der Waals surface area contributed by atoms with Gasteiger partial charge in [-0.3, -0.25) is 4.79 Å². The van der Waals surface area contributed by atoms with Crippen LogP contribution in [0.1, 0.15) is 26.7 Å². The van der Waals surface area contributed by atoms with Crippen LogP contribution in [0.3, 0.4) is 0 Å². The molecule has 1 amide bonds. The highest BCUT2D eigenvalue weighted by atomic mass is 32.2. The van der Waals surface area contributed by atoms with E-state index in [1.54, 1.807) is 0 Å². The molecule has 1 N–H and O–H groups in total. The molecular formula is C18H24N4O2S2. The standard InChI is InChI=1S/C18H24N4O2S2/c1-3-24-15-7-5-4-6-14(15)19-17-20-21-18(26-17)25-12-16(23)22-10-8-13(2)9-11-22/h4-7,13H,3,8-12H2,1-2H3,(H,19,20). The largest absolute Gasteiger partial charge is 0.492 e. The van der Waals surface area contributed by atoms with Crippen molar-refractivity contribution in [2.75, 3.05) is 30.8 Å². The summed E-state index contributed by atoms with van der Waals surface area (Å²) in [4.78, 5) is 14.3. The van der Waals surface area contributed by atoms with Crippen LogP contribution >= 0.6 is 23.1 Å². The van der Waals surface area contributed by atoms with Crippen molar-refractivity contribution in [1.29, 1.82) is 0 Å². The SMILES string of the molecule is CCOc1ccccc1Nc1nnc(SCC(=O)N2CCC(C)CC2)s1. The molecule has 1 aliphatic rings. The minimum absolute atomic E-state index is 0.188. The van der Waals surface area contributed by atoms with E-state index >= 15 is 0 Å². The fourth-order valence-electron chi connectivity index (χ4n) is 2.76. The number of nitrogens with one attached hydrogen (secondary N) is 1. The number of benzene rings is 1. The maximum absolute atomic E-state index is 12.3. The molecular weight excluding hydrogens is 368 g/mol. The number of rotatable bonds is 7. The first-order chi connectivity index (χ1) is 12.7. The summed E-state index contributed by atoms with van der Waals surface area (Å²) in [6.07, 6.45) is 2.20. The van der Waals surface area contributed by atoms with E-state index in [4.69, 9.17) is 4.74 Å². The number of carbonyl (C=O) groups is 1. The molecule has 1 fully saturated rings. The van der Waals surface area contributed by atoms with Crippen molar-refractivity contribution in [2.24, 2.45) is 5.92 Å². The van der Waals surface area contributed by atoms with Crippen LogP contribution in [0, 0.1) is 5.92 Å². The Morgan fingerprint density at radius 2 is 2.12 bits per heavy atom. The lowest BCUT2D eigenvalue weighted by molar-refractivity contribution is -0.129. The van der Waals surface area contributed by atoms with E-state index in [2.05, 4.69) is 22.4 Å². The number of carbonyl (C=O) groups excluding carboxylic acids is 1. The molecule has 6 nitrogen and oxygen atoms in total. The summed E-state index contributed by atoms with van der Waals surface area (Å²) in [5.74, 6) is 2.11. The van der Waals surface area contributed by atoms with Crippen LogP contribution in [0.5, 0.6) is 5.75 Å². The van der Waals surface area contributed by atoms with Crippen LogP contribution in [0.15, 0.2) is 28.6 Å². The van der Waals surface area contributed by atoms with Gasteiger partial charge in [-0.25, -0.2) is 0 Å². The van der Waals surface area contributed by atoms with Gasteiger partial charge in [-0.05, 0) is 37.8 Å². The molecule has 0 unspecified atom stereocenters. The zero-order valence-corrected chi connectivity index (χ0v) is 16.7. The summed E-state index contributed by atoms with van der Waals surface area (Å²) in [6, 6.07) is 7.74. The molecule has 1 aromatic carbocycles. The van der Waals surface area contributed by atoms with Crippen molar-refractivity contribution in [1.82, 2.24) is 15.1 Å². The van der Waals surface area contributed by atoms with E-state index in [1.165, 1.54) is 23.1 Å². The third-order valence-electron chi connectivity index (χ3n) is 4.29. The number of hydrogen-bond acceptors (Lipinski definition) is 7. The maximum Gasteiger partial charge on any atom is 0.233 e. The van der Waals surface area contributed by atoms with E-state index in [-0.39, 0.29) is 5.91 Å². The van der Waals surface area contributed by atoms with E-state index in [1.807, 2.05) is 36.1 Å². The van der Waals surface area contributed by atoms with Gasteiger partial charge in [-0.2, -0.15) is 0 Å². The molecule has 1 aliphatic heterocycles. The lowest BCUT2D eigenvalue weighted by atomic mass is 9.99. The van der Waals surface area contributed by atoms with Crippen molar-refractivity contribution < 1.29 is 9.53 Å². The number of aromatic nitrogens is 2. The Balaban J connectivity index is 1.53. The minimum atomic E-state index is 0.188. The second-order valence-electron chi connectivity index (χ2n) is 6.28. The van der Waals surface area contributed by atoms with Gasteiger partial charge < -0.3 is 15.0 Å². The highest BCUT2D eigenvalue weighted by molar-refractivity contribution is 8.01. The monoisotopic (exact) mass is 392 g/mol. The summed E-state index contributed by atoms with van der Waals surface area (Å²) in [7, 11) is 0. The lowest BCUT2D eigenvalue weighted by Gasteiger charge is -2.30. The van der Waals surface area contributed by atoms with Crippen LogP contribution in [-0.4, -0.2) is 46.5 Å². The van der Waals surface area contributed by atoms with Gasteiger partial charge >= 0.3 is 0 Å². The highest BCUT2D eigenvalue weighted by Gasteiger charge is 2.20. The highest BCUT2D eigenvalue weighted by Crippen LogP contribution is 2.31. The van der Waals surface area contributed by atoms with Gasteiger partial charge in [0, 0.05) is 13.1 Å². The average molecular weight is 393 g/mol. The average Bonchev–Trinajstić information content (AvgIpc) is 3.10. The van der Waals surface area contributed by atoms with Gasteiger partial charge in [0.1, 0.15) is 5.75 Å². The summed E-state index contributed by atoms with van der Waals surface area (Å²) in [5, 5.41) is 12.3. The Morgan fingerprint density at radius 1 is 1.35 bits per heavy atom. The number of para-hydroxylation sites is 2. The molecule has 0 spiro atoms. The topological polar surface area (TPSA) is 67.3 Å². The molecule has 0 saturated carbocycles. The molecule has 0 radical (unpaired) electrons. The van der Waals surface area contributed by atoms with Gasteiger partial charge in [0.25, 0.3) is 0 Å². The normalized spacial score (nSPS) is 15.1. The summed E-state index contributed by atoms with van der Waals surface area (Å²) in [6.45, 7) is 6.55. The number of thioether (sulfide) groups is 1. The molecule has 0 aliphatic carbocycles. The number of anilines is 2. The molecule has 8 heteroatoms. The summed E-state index contributed by atoms with van der Waals surface area (Å²) in [5.41, 5.74) is 0.862. The number of ether oxygens (including phenoxy) is 1. The molecule has 1 saturated heterocycles. The molecule has 0 atom stereocenters. The predicted molar refractivity (Wildman–Crippen MR) is 107 cm³/mol. The number of amides is 1. The quantitative estimate of drug-likeness (QED) is 0.718. The zero-order valence-electron chi connectivity index (χ0n) is 15.1. The Labute approximate surface area is 162 Å². The van der Waals surface area contributed by atoms with Crippen LogP contribution in [0.2, 0.25) is 0 Å². The van der Waals surface area contributed by atoms with E-state index in [0.717, 1.165) is 47.6 Å². The van der Waals surface area contributed by atoms with Gasteiger partial charge in [0.05, 0.1) is 18.0 Å². The van der Waals surface area contributed by atoms with E-state index < -0.39 is 0 Å². The van der Waals surface area contributed by atoms with Crippen molar-refractivity contribution >= 4 is 39.8 Å². The van der Waals surface area contributed by atoms with Gasteiger partial charge in [-0.15, -0.1) is 10.2 Å². The molecule has 1 aromatic heterocycles. The van der Waals surface area contributed by atoms with Gasteiger partial charge in [-0.1, -0.05) is 42.2 Å². The van der Waals surface area contributed by atoms with Crippen LogP contribution in [-0.2, 0) is 4.79 Å². The minimum Gasteiger partial charge on any atom is -0.492 e. The Hall–Kier alpha value is -1.80. The third-order valence-corrected chi connectivity index (χ3v) is 6.25. The van der Waals surface area contributed by atoms with Gasteiger partial charge in [0.15, 0.2) is 4.34 Å². The Morgan fingerprint density at radius 3 is 2.88 bits per heavy atom. The third kappa shape index (κ3) is 5.11. The number of piperidine rings is 1. The second-order valence-corrected chi connectivity index (χ2v) is 8.48. The first-order valence-corrected chi connectivity index (χ1v) is 10.7. The fourth-order valence-corrected chi connectivity index (χ4v) is 4.42. The Bertz CT molecular complexity index is 729. The molecule has 26 heavy (non-hydrogen) atoms. The van der Waals surface area contributed by atoms with Crippen LogP contribution in [0.25, 0.3) is 0 Å². The smallest absolute Gasteiger partial charge is 0.233 e. The van der Waals surface area contributed by atoms with Crippen LogP contribution in [0.4, 0.5) is 10.8 Å². The first-order valence-electron chi connectivity index (χ1n) is 8.88. The van der Waals surface area contributed by atoms with E-state index in [9.17, 15) is 4.79 Å². The summed E-state index contributed by atoms with van der Waals surface area (Å²) >= 11 is 2.90. The van der Waals surface area contributed by atoms with Gasteiger partial charge in [0.2, 0.25) is 11.0 Å². The molecule has 2 aromatic rings. The molecule has 3 rings (SSSR count). The van der Waals surface area contributed by atoms with Crippen molar-refractivity contribution in [2.45, 2.75) is 31.0 Å². The predicted octanol–water partition coefficient (Wildman–Crippen LogP) is 4.03. The van der Waals surface area contributed by atoms with Crippen molar-refractivity contribution in [3.05, 3.63) is 24.3 Å². The first kappa shape index (κ1) is 19.0. The van der Waals surface area contributed by atoms with Crippen molar-refractivity contribution in [3.63, 3.8) is 0 Å². The fraction of sp³-hybridized carbons (Fsp3) is 0.500. The zero-order chi connectivity index (χ0) is 18.4. The number of likely N-dealkylation sites (tertiary alicyclic amines) is 1.